The van der Waals surface area contributed by atoms with Crippen LogP contribution in [0.25, 0.3) is 11.3 Å². The molecule has 2 atom stereocenters. The lowest BCUT2D eigenvalue weighted by Gasteiger charge is -2.21. The molecule has 0 radical (unpaired) electrons. The van der Waals surface area contributed by atoms with Crippen molar-refractivity contribution in [2.24, 2.45) is 11.8 Å². The standard InChI is InChI=1S/C20H24F3N5O2/c1-9(2)19-26-15(11(4)30-19)14-7-10(3)28-17(25-14)13(8-24-28)18(29)27-16(12-5-6-12)20(21,22)23/h7-9,12,16,19,26H,5-6H2,1-4H3,(H,27,29). The number of carbonyl (C=O) groups excluding carboxylic acids is 1. The molecule has 1 aliphatic carbocycles. The van der Waals surface area contributed by atoms with Gasteiger partial charge in [-0.2, -0.15) is 18.3 Å². The minimum absolute atomic E-state index is 0.00688. The summed E-state index contributed by atoms with van der Waals surface area (Å²) in [4.78, 5) is 17.2. The van der Waals surface area contributed by atoms with Gasteiger partial charge in [-0.1, -0.05) is 13.8 Å². The van der Waals surface area contributed by atoms with Gasteiger partial charge >= 0.3 is 6.18 Å². The third kappa shape index (κ3) is 3.70. The summed E-state index contributed by atoms with van der Waals surface area (Å²) in [6, 6.07) is -0.0617. The van der Waals surface area contributed by atoms with E-state index < -0.39 is 24.0 Å². The molecule has 1 fully saturated rings. The zero-order valence-corrected chi connectivity index (χ0v) is 17.2. The molecular weight excluding hydrogens is 399 g/mol. The van der Waals surface area contributed by atoms with E-state index >= 15 is 0 Å². The van der Waals surface area contributed by atoms with Gasteiger partial charge in [0.05, 0.1) is 11.9 Å². The van der Waals surface area contributed by atoms with E-state index in [1.807, 2.05) is 20.8 Å². The summed E-state index contributed by atoms with van der Waals surface area (Å²) in [6.45, 7) is 7.65. The van der Waals surface area contributed by atoms with E-state index in [0.29, 0.717) is 35.7 Å². The van der Waals surface area contributed by atoms with E-state index in [4.69, 9.17) is 4.74 Å². The van der Waals surface area contributed by atoms with Gasteiger partial charge in [-0.3, -0.25) is 4.79 Å². The molecule has 0 spiro atoms. The molecule has 1 aliphatic heterocycles. The molecule has 1 saturated carbocycles. The van der Waals surface area contributed by atoms with Crippen LogP contribution in [0.5, 0.6) is 0 Å². The predicted octanol–water partition coefficient (Wildman–Crippen LogP) is 3.40. The fourth-order valence-electron chi connectivity index (χ4n) is 3.60. The highest BCUT2D eigenvalue weighted by molar-refractivity contribution is 6.00. The quantitative estimate of drug-likeness (QED) is 0.771. The molecule has 0 aromatic carbocycles. The molecular formula is C20H24F3N5O2. The summed E-state index contributed by atoms with van der Waals surface area (Å²) < 4.78 is 47.2. The summed E-state index contributed by atoms with van der Waals surface area (Å²) in [6.07, 6.45) is -2.52. The Morgan fingerprint density at radius 2 is 2.03 bits per heavy atom. The highest BCUT2D eigenvalue weighted by Gasteiger charge is 2.49. The first kappa shape index (κ1) is 20.5. The monoisotopic (exact) mass is 423 g/mol. The molecule has 2 N–H and O–H groups in total. The maximum Gasteiger partial charge on any atom is 0.408 e. The third-order valence-electron chi connectivity index (χ3n) is 5.43. The van der Waals surface area contributed by atoms with Crippen LogP contribution in [-0.4, -0.2) is 39.0 Å². The first-order valence-electron chi connectivity index (χ1n) is 9.93. The number of fused-ring (bicyclic) bond motifs is 1. The van der Waals surface area contributed by atoms with Gasteiger partial charge in [0, 0.05) is 11.6 Å². The van der Waals surface area contributed by atoms with Crippen molar-refractivity contribution in [3.05, 3.63) is 35.0 Å². The number of nitrogens with one attached hydrogen (secondary N) is 2. The number of hydrogen-bond acceptors (Lipinski definition) is 5. The van der Waals surface area contributed by atoms with Crippen LogP contribution in [-0.2, 0) is 4.74 Å². The number of nitrogens with zero attached hydrogens (tertiary/aromatic N) is 3. The lowest BCUT2D eigenvalue weighted by Crippen LogP contribution is -2.46. The van der Waals surface area contributed by atoms with Crippen molar-refractivity contribution in [3.63, 3.8) is 0 Å². The number of hydrogen-bond donors (Lipinski definition) is 2. The van der Waals surface area contributed by atoms with Crippen molar-refractivity contribution >= 4 is 17.3 Å². The fraction of sp³-hybridized carbons (Fsp3) is 0.550. The van der Waals surface area contributed by atoms with Crippen molar-refractivity contribution in [1.29, 1.82) is 0 Å². The van der Waals surface area contributed by atoms with E-state index in [2.05, 4.69) is 20.7 Å². The Morgan fingerprint density at radius 3 is 2.60 bits per heavy atom. The van der Waals surface area contributed by atoms with E-state index in [0.717, 1.165) is 0 Å². The molecule has 2 aromatic heterocycles. The van der Waals surface area contributed by atoms with Crippen molar-refractivity contribution in [2.45, 2.75) is 59.0 Å². The number of ether oxygens (including phenoxy) is 1. The largest absolute Gasteiger partial charge is 0.473 e. The second kappa shape index (κ2) is 7.17. The molecule has 0 saturated heterocycles. The Bertz CT molecular complexity index is 1020. The SMILES string of the molecule is CC1=C(c2cc(C)n3ncc(C(=O)NC(C4CC4)C(F)(F)F)c3n2)NC(C(C)C)O1. The minimum atomic E-state index is -4.49. The zero-order chi connectivity index (χ0) is 21.8. The number of halogens is 3. The number of alkyl halides is 3. The van der Waals surface area contributed by atoms with Crippen molar-refractivity contribution in [3.8, 4) is 0 Å². The summed E-state index contributed by atoms with van der Waals surface area (Å²) in [7, 11) is 0. The second-order valence-electron chi connectivity index (χ2n) is 8.26. The zero-order valence-electron chi connectivity index (χ0n) is 17.2. The van der Waals surface area contributed by atoms with Crippen LogP contribution in [0.2, 0.25) is 0 Å². The average Bonchev–Trinajstić information content (AvgIpc) is 3.26. The van der Waals surface area contributed by atoms with Crippen molar-refractivity contribution in [1.82, 2.24) is 25.2 Å². The summed E-state index contributed by atoms with van der Waals surface area (Å²) >= 11 is 0. The van der Waals surface area contributed by atoms with Crippen LogP contribution in [0.1, 0.15) is 55.4 Å². The molecule has 2 unspecified atom stereocenters. The number of aromatic nitrogens is 3. The minimum Gasteiger partial charge on any atom is -0.473 e. The van der Waals surface area contributed by atoms with Gasteiger partial charge in [0.1, 0.15) is 23.1 Å². The van der Waals surface area contributed by atoms with Crippen LogP contribution >= 0.6 is 0 Å². The first-order chi connectivity index (χ1) is 14.1. The average molecular weight is 423 g/mol. The molecule has 10 heteroatoms. The molecule has 4 rings (SSSR count). The molecule has 2 aromatic rings. The number of carbonyl (C=O) groups is 1. The normalized spacial score (nSPS) is 20.5. The van der Waals surface area contributed by atoms with Crippen molar-refractivity contribution in [2.75, 3.05) is 0 Å². The highest BCUT2D eigenvalue weighted by atomic mass is 19.4. The molecule has 3 heterocycles. The maximum absolute atomic E-state index is 13.3. The number of amides is 1. The van der Waals surface area contributed by atoms with Gasteiger partial charge in [-0.05, 0) is 38.7 Å². The first-order valence-corrected chi connectivity index (χ1v) is 9.93. The van der Waals surface area contributed by atoms with Gasteiger partial charge in [0.25, 0.3) is 5.91 Å². The maximum atomic E-state index is 13.3. The third-order valence-corrected chi connectivity index (χ3v) is 5.43. The Labute approximate surface area is 171 Å². The molecule has 7 nitrogen and oxygen atoms in total. The van der Waals surface area contributed by atoms with Crippen LogP contribution in [0.4, 0.5) is 13.2 Å². The van der Waals surface area contributed by atoms with E-state index in [-0.39, 0.29) is 23.4 Å². The van der Waals surface area contributed by atoms with Gasteiger partial charge in [-0.25, -0.2) is 9.50 Å². The molecule has 0 bridgehead atoms. The van der Waals surface area contributed by atoms with Crippen LogP contribution in [0.15, 0.2) is 18.0 Å². The van der Waals surface area contributed by atoms with Crippen LogP contribution < -0.4 is 10.6 Å². The van der Waals surface area contributed by atoms with Crippen LogP contribution in [0, 0.1) is 18.8 Å². The lowest BCUT2D eigenvalue weighted by molar-refractivity contribution is -0.158. The Kier molecular flexibility index (Phi) is 4.90. The topological polar surface area (TPSA) is 80.6 Å². The smallest absolute Gasteiger partial charge is 0.408 e. The Balaban J connectivity index is 1.67. The molecule has 2 aliphatic rings. The predicted molar refractivity (Wildman–Crippen MR) is 103 cm³/mol. The van der Waals surface area contributed by atoms with E-state index in [1.165, 1.54) is 10.7 Å². The van der Waals surface area contributed by atoms with Gasteiger partial charge in [-0.15, -0.1) is 0 Å². The van der Waals surface area contributed by atoms with Crippen molar-refractivity contribution < 1.29 is 22.7 Å². The number of rotatable bonds is 5. The number of allylic oxidation sites excluding steroid dienone is 1. The number of aryl methyl sites for hydroxylation is 1. The summed E-state index contributed by atoms with van der Waals surface area (Å²) in [5, 5.41) is 9.57. The van der Waals surface area contributed by atoms with Gasteiger partial charge in [0.2, 0.25) is 0 Å². The van der Waals surface area contributed by atoms with E-state index in [1.54, 1.807) is 13.0 Å². The molecule has 30 heavy (non-hydrogen) atoms. The van der Waals surface area contributed by atoms with Gasteiger partial charge < -0.3 is 15.4 Å². The lowest BCUT2D eigenvalue weighted by atomic mass is 10.1. The highest BCUT2D eigenvalue weighted by Crippen LogP contribution is 2.40. The van der Waals surface area contributed by atoms with Crippen LogP contribution in [0.3, 0.4) is 0 Å². The molecule has 162 valence electrons. The Hall–Kier alpha value is -2.78. The summed E-state index contributed by atoms with van der Waals surface area (Å²) in [5.41, 5.74) is 2.14. The second-order valence-corrected chi connectivity index (χ2v) is 8.26. The Morgan fingerprint density at radius 1 is 1.33 bits per heavy atom. The fourth-order valence-corrected chi connectivity index (χ4v) is 3.60. The summed E-state index contributed by atoms with van der Waals surface area (Å²) in [5.74, 6) is -0.507. The van der Waals surface area contributed by atoms with E-state index in [9.17, 15) is 18.0 Å². The van der Waals surface area contributed by atoms with Gasteiger partial charge in [0.15, 0.2) is 11.9 Å². The molecule has 1 amide bonds.